The number of benzene rings is 2. The zero-order valence-corrected chi connectivity index (χ0v) is 14.8. The Morgan fingerprint density at radius 3 is 2.81 bits per heavy atom. The first-order valence-corrected chi connectivity index (χ1v) is 8.90. The lowest BCUT2D eigenvalue weighted by Crippen LogP contribution is -2.05. The molecule has 3 aromatic rings. The molecule has 130 valence electrons. The van der Waals surface area contributed by atoms with Crippen LogP contribution in [0.5, 0.6) is 5.75 Å². The maximum absolute atomic E-state index is 9.70. The summed E-state index contributed by atoms with van der Waals surface area (Å²) >= 11 is 0. The van der Waals surface area contributed by atoms with Gasteiger partial charge in [0.1, 0.15) is 17.6 Å². The van der Waals surface area contributed by atoms with Crippen molar-refractivity contribution in [2.24, 2.45) is 0 Å². The fourth-order valence-corrected chi connectivity index (χ4v) is 3.46. The standard InChI is InChI=1S/C21H20N4O/c1-26-19-9-8-16-11-15(6-7-17(16)13-19)12-18(14-22)21-24-23-20-5-3-2-4-10-25(20)21/h6-9,11-13H,2-5,10H2,1H3/b18-12+. The first kappa shape index (κ1) is 16.3. The Labute approximate surface area is 152 Å². The number of nitrogens with zero attached hydrogens (tertiary/aromatic N) is 4. The monoisotopic (exact) mass is 344 g/mol. The van der Waals surface area contributed by atoms with E-state index in [1.807, 2.05) is 36.4 Å². The van der Waals surface area contributed by atoms with E-state index in [2.05, 4.69) is 26.9 Å². The molecule has 2 heterocycles. The summed E-state index contributed by atoms with van der Waals surface area (Å²) in [6, 6.07) is 14.4. The molecule has 0 radical (unpaired) electrons. The van der Waals surface area contributed by atoms with Gasteiger partial charge in [-0.25, -0.2) is 0 Å². The zero-order chi connectivity index (χ0) is 17.9. The fraction of sp³-hybridized carbons (Fsp3) is 0.286. The Hall–Kier alpha value is -3.13. The van der Waals surface area contributed by atoms with Crippen molar-refractivity contribution >= 4 is 22.4 Å². The van der Waals surface area contributed by atoms with Crippen molar-refractivity contribution in [3.63, 3.8) is 0 Å². The predicted molar refractivity (Wildman–Crippen MR) is 102 cm³/mol. The Morgan fingerprint density at radius 1 is 1.12 bits per heavy atom. The van der Waals surface area contributed by atoms with Crippen LogP contribution in [0.4, 0.5) is 0 Å². The summed E-state index contributed by atoms with van der Waals surface area (Å²) in [5.41, 5.74) is 1.53. The van der Waals surface area contributed by atoms with Gasteiger partial charge in [-0.05, 0) is 53.5 Å². The van der Waals surface area contributed by atoms with Gasteiger partial charge in [0.2, 0.25) is 0 Å². The highest BCUT2D eigenvalue weighted by Crippen LogP contribution is 2.25. The molecule has 0 N–H and O–H groups in total. The lowest BCUT2D eigenvalue weighted by Gasteiger charge is -2.06. The highest BCUT2D eigenvalue weighted by atomic mass is 16.5. The van der Waals surface area contributed by atoms with E-state index in [1.165, 1.54) is 6.42 Å². The van der Waals surface area contributed by atoms with Crippen molar-refractivity contribution in [2.75, 3.05) is 7.11 Å². The Bertz CT molecular complexity index is 1030. The van der Waals surface area contributed by atoms with Gasteiger partial charge in [-0.1, -0.05) is 24.6 Å². The number of aryl methyl sites for hydroxylation is 1. The van der Waals surface area contributed by atoms with Gasteiger partial charge in [-0.15, -0.1) is 10.2 Å². The van der Waals surface area contributed by atoms with E-state index >= 15 is 0 Å². The third-order valence-electron chi connectivity index (χ3n) is 4.85. The second-order valence-corrected chi connectivity index (χ2v) is 6.54. The van der Waals surface area contributed by atoms with Crippen LogP contribution in [-0.4, -0.2) is 21.9 Å². The molecule has 5 nitrogen and oxygen atoms in total. The number of nitriles is 1. The molecule has 0 fully saturated rings. The number of ether oxygens (including phenoxy) is 1. The summed E-state index contributed by atoms with van der Waals surface area (Å²) in [6.45, 7) is 0.883. The highest BCUT2D eigenvalue weighted by Gasteiger charge is 2.17. The minimum atomic E-state index is 0.554. The molecule has 1 aromatic heterocycles. The Morgan fingerprint density at radius 2 is 1.96 bits per heavy atom. The van der Waals surface area contributed by atoms with Crippen molar-refractivity contribution in [1.82, 2.24) is 14.8 Å². The van der Waals surface area contributed by atoms with E-state index in [0.717, 1.165) is 53.7 Å². The molecule has 2 aromatic carbocycles. The van der Waals surface area contributed by atoms with Crippen LogP contribution in [0.2, 0.25) is 0 Å². The van der Waals surface area contributed by atoms with Gasteiger partial charge in [-0.3, -0.25) is 0 Å². The predicted octanol–water partition coefficient (Wildman–Crippen LogP) is 4.23. The molecule has 1 aliphatic heterocycles. The van der Waals surface area contributed by atoms with E-state index in [1.54, 1.807) is 7.11 Å². The van der Waals surface area contributed by atoms with Crippen molar-refractivity contribution in [1.29, 1.82) is 5.26 Å². The summed E-state index contributed by atoms with van der Waals surface area (Å²) in [6.07, 6.45) is 6.27. The van der Waals surface area contributed by atoms with Gasteiger partial charge in [0.15, 0.2) is 5.82 Å². The number of methoxy groups -OCH3 is 1. The third-order valence-corrected chi connectivity index (χ3v) is 4.85. The van der Waals surface area contributed by atoms with Crippen LogP contribution in [-0.2, 0) is 13.0 Å². The number of aromatic nitrogens is 3. The molecule has 0 atom stereocenters. The summed E-state index contributed by atoms with van der Waals surface area (Å²) in [5.74, 6) is 2.51. The molecule has 0 unspecified atom stereocenters. The summed E-state index contributed by atoms with van der Waals surface area (Å²) in [4.78, 5) is 0. The van der Waals surface area contributed by atoms with Crippen LogP contribution < -0.4 is 4.74 Å². The smallest absolute Gasteiger partial charge is 0.174 e. The summed E-state index contributed by atoms with van der Waals surface area (Å²) in [5, 5.41) is 20.5. The Kier molecular flexibility index (Phi) is 4.40. The first-order chi connectivity index (χ1) is 12.8. The van der Waals surface area contributed by atoms with Gasteiger partial charge in [-0.2, -0.15) is 5.26 Å². The van der Waals surface area contributed by atoms with E-state index in [-0.39, 0.29) is 0 Å². The van der Waals surface area contributed by atoms with Gasteiger partial charge in [0.25, 0.3) is 0 Å². The van der Waals surface area contributed by atoms with E-state index < -0.39 is 0 Å². The third kappa shape index (κ3) is 3.06. The average Bonchev–Trinajstić information content (AvgIpc) is 2.93. The normalized spacial score (nSPS) is 14.5. The molecule has 0 bridgehead atoms. The van der Waals surface area contributed by atoms with Crippen LogP contribution in [0.25, 0.3) is 22.4 Å². The minimum Gasteiger partial charge on any atom is -0.497 e. The summed E-state index contributed by atoms with van der Waals surface area (Å²) in [7, 11) is 1.67. The largest absolute Gasteiger partial charge is 0.497 e. The van der Waals surface area contributed by atoms with E-state index in [0.29, 0.717) is 11.4 Å². The van der Waals surface area contributed by atoms with Gasteiger partial charge < -0.3 is 9.30 Å². The van der Waals surface area contributed by atoms with Crippen molar-refractivity contribution in [3.8, 4) is 11.8 Å². The maximum atomic E-state index is 9.70. The Balaban J connectivity index is 1.73. The average molecular weight is 344 g/mol. The lowest BCUT2D eigenvalue weighted by molar-refractivity contribution is 0.415. The molecular formula is C21H20N4O. The van der Waals surface area contributed by atoms with Gasteiger partial charge in [0.05, 0.1) is 12.7 Å². The van der Waals surface area contributed by atoms with Crippen molar-refractivity contribution < 1.29 is 4.74 Å². The van der Waals surface area contributed by atoms with Crippen LogP contribution in [0.3, 0.4) is 0 Å². The van der Waals surface area contributed by atoms with Gasteiger partial charge >= 0.3 is 0 Å². The van der Waals surface area contributed by atoms with E-state index in [4.69, 9.17) is 4.74 Å². The van der Waals surface area contributed by atoms with Crippen molar-refractivity contribution in [3.05, 3.63) is 53.6 Å². The SMILES string of the molecule is COc1ccc2cc(/C=C(\C#N)c3nnc4n3CCCCC4)ccc2c1. The molecule has 0 saturated heterocycles. The maximum Gasteiger partial charge on any atom is 0.174 e. The van der Waals surface area contributed by atoms with Crippen LogP contribution in [0.15, 0.2) is 36.4 Å². The molecule has 0 saturated carbocycles. The molecule has 5 heteroatoms. The van der Waals surface area contributed by atoms with Crippen LogP contribution in [0.1, 0.15) is 36.5 Å². The number of hydrogen-bond acceptors (Lipinski definition) is 4. The van der Waals surface area contributed by atoms with E-state index in [9.17, 15) is 5.26 Å². The lowest BCUT2D eigenvalue weighted by atomic mass is 10.0. The highest BCUT2D eigenvalue weighted by molar-refractivity contribution is 5.91. The van der Waals surface area contributed by atoms with Crippen LogP contribution >= 0.6 is 0 Å². The van der Waals surface area contributed by atoms with Crippen molar-refractivity contribution in [2.45, 2.75) is 32.2 Å². The number of allylic oxidation sites excluding steroid dienone is 1. The molecule has 26 heavy (non-hydrogen) atoms. The van der Waals surface area contributed by atoms with Gasteiger partial charge in [0, 0.05) is 13.0 Å². The molecule has 1 aliphatic rings. The second kappa shape index (κ2) is 7.01. The number of hydrogen-bond donors (Lipinski definition) is 0. The second-order valence-electron chi connectivity index (χ2n) is 6.54. The zero-order valence-electron chi connectivity index (χ0n) is 14.8. The first-order valence-electron chi connectivity index (χ1n) is 8.90. The van der Waals surface area contributed by atoms with Crippen LogP contribution in [0, 0.1) is 11.3 Å². The topological polar surface area (TPSA) is 63.7 Å². The molecular weight excluding hydrogens is 324 g/mol. The fourth-order valence-electron chi connectivity index (χ4n) is 3.46. The summed E-state index contributed by atoms with van der Waals surface area (Å²) < 4.78 is 7.38. The molecule has 0 spiro atoms. The quantitative estimate of drug-likeness (QED) is 0.667. The number of fused-ring (bicyclic) bond motifs is 2. The number of rotatable bonds is 3. The molecule has 4 rings (SSSR count). The molecule has 0 amide bonds. The minimum absolute atomic E-state index is 0.554. The molecule has 0 aliphatic carbocycles.